The molecule has 1 aromatic carbocycles. The molecule has 2 aromatic rings. The zero-order chi connectivity index (χ0) is 19.1. The van der Waals surface area contributed by atoms with Gasteiger partial charge in [-0.25, -0.2) is 0 Å². The highest BCUT2D eigenvalue weighted by Gasteiger charge is 2.13. The third-order valence-corrected chi connectivity index (χ3v) is 4.62. The van der Waals surface area contributed by atoms with Gasteiger partial charge in [0.2, 0.25) is 0 Å². The van der Waals surface area contributed by atoms with Gasteiger partial charge in [0.25, 0.3) is 0 Å². The summed E-state index contributed by atoms with van der Waals surface area (Å²) in [5, 5.41) is 11.3. The molecular weight excluding hydrogens is 453 g/mol. The number of methoxy groups -OCH3 is 1. The SMILES string of the molecule is CN=C(NCCc1cccc(OC)c1)NC(C)Cc1c(C)nn(C)c1C.I. The Labute approximate surface area is 179 Å². The van der Waals surface area contributed by atoms with Gasteiger partial charge in [-0.15, -0.1) is 24.0 Å². The number of ether oxygens (including phenoxy) is 1. The average Bonchev–Trinajstić information content (AvgIpc) is 2.87. The van der Waals surface area contributed by atoms with E-state index in [2.05, 4.69) is 53.6 Å². The fraction of sp³-hybridized carbons (Fsp3) is 0.500. The number of aryl methyl sites for hydroxylation is 2. The second kappa shape index (κ2) is 11.2. The van der Waals surface area contributed by atoms with E-state index in [1.54, 1.807) is 14.2 Å². The van der Waals surface area contributed by atoms with Crippen LogP contribution in [0.15, 0.2) is 29.3 Å². The van der Waals surface area contributed by atoms with Crippen molar-refractivity contribution in [3.05, 3.63) is 46.8 Å². The molecule has 2 N–H and O–H groups in total. The number of halogens is 1. The third kappa shape index (κ3) is 6.71. The van der Waals surface area contributed by atoms with E-state index >= 15 is 0 Å². The summed E-state index contributed by atoms with van der Waals surface area (Å²) in [4.78, 5) is 4.33. The van der Waals surface area contributed by atoms with Crippen molar-refractivity contribution in [2.45, 2.75) is 39.7 Å². The van der Waals surface area contributed by atoms with Crippen LogP contribution < -0.4 is 15.4 Å². The van der Waals surface area contributed by atoms with Crippen molar-refractivity contribution in [3.63, 3.8) is 0 Å². The summed E-state index contributed by atoms with van der Waals surface area (Å²) in [5.74, 6) is 1.71. The molecule has 1 heterocycles. The van der Waals surface area contributed by atoms with Gasteiger partial charge in [0.1, 0.15) is 5.75 Å². The van der Waals surface area contributed by atoms with Gasteiger partial charge in [0.05, 0.1) is 12.8 Å². The molecule has 2 rings (SSSR count). The van der Waals surface area contributed by atoms with Crippen LogP contribution in [0.3, 0.4) is 0 Å². The van der Waals surface area contributed by atoms with Crippen molar-refractivity contribution in [2.24, 2.45) is 12.0 Å². The van der Waals surface area contributed by atoms with E-state index in [1.165, 1.54) is 16.8 Å². The van der Waals surface area contributed by atoms with Crippen molar-refractivity contribution in [2.75, 3.05) is 20.7 Å². The lowest BCUT2D eigenvalue weighted by molar-refractivity contribution is 0.414. The van der Waals surface area contributed by atoms with Crippen molar-refractivity contribution in [1.29, 1.82) is 0 Å². The number of aromatic nitrogens is 2. The predicted octanol–water partition coefficient (Wildman–Crippen LogP) is 3.00. The van der Waals surface area contributed by atoms with E-state index in [4.69, 9.17) is 4.74 Å². The number of benzene rings is 1. The Balaban J connectivity index is 0.00000364. The Morgan fingerprint density at radius 1 is 1.33 bits per heavy atom. The summed E-state index contributed by atoms with van der Waals surface area (Å²) in [7, 11) is 5.48. The Hall–Kier alpha value is -1.77. The molecular formula is C20H32IN5O. The molecule has 1 aromatic heterocycles. The van der Waals surface area contributed by atoms with Gasteiger partial charge in [-0.1, -0.05) is 12.1 Å². The smallest absolute Gasteiger partial charge is 0.191 e. The van der Waals surface area contributed by atoms with Crippen LogP contribution in [0.1, 0.15) is 29.4 Å². The molecule has 0 aliphatic carbocycles. The first-order chi connectivity index (χ1) is 12.4. The molecule has 1 unspecified atom stereocenters. The molecule has 0 aliphatic rings. The van der Waals surface area contributed by atoms with Gasteiger partial charge in [0.15, 0.2) is 5.96 Å². The molecule has 7 heteroatoms. The van der Waals surface area contributed by atoms with E-state index in [0.29, 0.717) is 0 Å². The second-order valence-electron chi connectivity index (χ2n) is 6.62. The predicted molar refractivity (Wildman–Crippen MR) is 122 cm³/mol. The highest BCUT2D eigenvalue weighted by atomic mass is 127. The first-order valence-corrected chi connectivity index (χ1v) is 9.03. The summed E-state index contributed by atoms with van der Waals surface area (Å²) in [6.07, 6.45) is 1.83. The lowest BCUT2D eigenvalue weighted by Gasteiger charge is -2.18. The first kappa shape index (κ1) is 23.3. The molecule has 0 amide bonds. The minimum atomic E-state index is 0. The van der Waals surface area contributed by atoms with Crippen LogP contribution in [-0.2, 0) is 19.9 Å². The van der Waals surface area contributed by atoms with Gasteiger partial charge in [-0.3, -0.25) is 9.67 Å². The van der Waals surface area contributed by atoms with Crippen LogP contribution in [-0.4, -0.2) is 42.5 Å². The molecule has 0 bridgehead atoms. The van der Waals surface area contributed by atoms with Gasteiger partial charge in [-0.2, -0.15) is 5.10 Å². The summed E-state index contributed by atoms with van der Waals surface area (Å²) >= 11 is 0. The zero-order valence-corrected chi connectivity index (χ0v) is 19.5. The molecule has 0 saturated carbocycles. The number of hydrogen-bond donors (Lipinski definition) is 2. The summed E-state index contributed by atoms with van der Waals surface area (Å²) in [6.45, 7) is 7.16. The van der Waals surface area contributed by atoms with E-state index in [9.17, 15) is 0 Å². The molecule has 27 heavy (non-hydrogen) atoms. The summed E-state index contributed by atoms with van der Waals surface area (Å²) < 4.78 is 7.21. The van der Waals surface area contributed by atoms with Crippen LogP contribution in [0, 0.1) is 13.8 Å². The Bertz CT molecular complexity index is 757. The molecule has 0 fully saturated rings. The lowest BCUT2D eigenvalue weighted by Crippen LogP contribution is -2.43. The summed E-state index contributed by atoms with van der Waals surface area (Å²) in [5.41, 5.74) is 4.86. The molecule has 0 saturated heterocycles. The van der Waals surface area contributed by atoms with Gasteiger partial charge >= 0.3 is 0 Å². The van der Waals surface area contributed by atoms with Crippen LogP contribution in [0.2, 0.25) is 0 Å². The Morgan fingerprint density at radius 3 is 2.67 bits per heavy atom. The number of guanidine groups is 1. The zero-order valence-electron chi connectivity index (χ0n) is 17.2. The maximum Gasteiger partial charge on any atom is 0.191 e. The molecule has 1 atom stereocenters. The van der Waals surface area contributed by atoms with E-state index in [0.717, 1.165) is 36.8 Å². The van der Waals surface area contributed by atoms with E-state index in [-0.39, 0.29) is 30.0 Å². The van der Waals surface area contributed by atoms with Crippen LogP contribution in [0.5, 0.6) is 5.75 Å². The molecule has 6 nitrogen and oxygen atoms in total. The highest BCUT2D eigenvalue weighted by Crippen LogP contribution is 2.14. The highest BCUT2D eigenvalue weighted by molar-refractivity contribution is 14.0. The Kier molecular flexibility index (Phi) is 9.62. The van der Waals surface area contributed by atoms with Crippen molar-refractivity contribution in [1.82, 2.24) is 20.4 Å². The Morgan fingerprint density at radius 2 is 2.07 bits per heavy atom. The fourth-order valence-electron chi connectivity index (χ4n) is 3.05. The van der Waals surface area contributed by atoms with Gasteiger partial charge in [0, 0.05) is 32.4 Å². The second-order valence-corrected chi connectivity index (χ2v) is 6.62. The van der Waals surface area contributed by atoms with Crippen molar-refractivity contribution < 1.29 is 4.74 Å². The van der Waals surface area contributed by atoms with Crippen LogP contribution >= 0.6 is 24.0 Å². The number of aliphatic imine (C=N–C) groups is 1. The van der Waals surface area contributed by atoms with E-state index < -0.39 is 0 Å². The average molecular weight is 485 g/mol. The van der Waals surface area contributed by atoms with Crippen LogP contribution in [0.25, 0.3) is 0 Å². The van der Waals surface area contributed by atoms with Crippen molar-refractivity contribution in [3.8, 4) is 5.75 Å². The van der Waals surface area contributed by atoms with E-state index in [1.807, 2.05) is 23.9 Å². The number of hydrogen-bond acceptors (Lipinski definition) is 3. The normalized spacial score (nSPS) is 12.3. The number of nitrogens with zero attached hydrogens (tertiary/aromatic N) is 3. The minimum absolute atomic E-state index is 0. The fourth-order valence-corrected chi connectivity index (χ4v) is 3.05. The summed E-state index contributed by atoms with van der Waals surface area (Å²) in [6, 6.07) is 8.41. The monoisotopic (exact) mass is 485 g/mol. The van der Waals surface area contributed by atoms with Gasteiger partial charge in [-0.05, 0) is 56.9 Å². The first-order valence-electron chi connectivity index (χ1n) is 9.03. The molecule has 0 radical (unpaired) electrons. The lowest BCUT2D eigenvalue weighted by atomic mass is 10.1. The molecule has 0 aliphatic heterocycles. The maximum absolute atomic E-state index is 5.27. The number of rotatable bonds is 7. The van der Waals surface area contributed by atoms with Crippen molar-refractivity contribution >= 4 is 29.9 Å². The molecule has 150 valence electrons. The standard InChI is InChI=1S/C20H31N5O.HI/c1-14(12-19-15(2)24-25(5)16(19)3)23-20(21-4)22-11-10-17-8-7-9-18(13-17)26-6;/h7-9,13-14H,10-12H2,1-6H3,(H2,21,22,23);1H. The van der Waals surface area contributed by atoms with Gasteiger partial charge < -0.3 is 15.4 Å². The quantitative estimate of drug-likeness (QED) is 0.360. The number of nitrogens with one attached hydrogen (secondary N) is 2. The largest absolute Gasteiger partial charge is 0.497 e. The van der Waals surface area contributed by atoms with Crippen LogP contribution in [0.4, 0.5) is 0 Å². The minimum Gasteiger partial charge on any atom is -0.497 e. The maximum atomic E-state index is 5.27. The topological polar surface area (TPSA) is 63.5 Å². The molecule has 0 spiro atoms. The third-order valence-electron chi connectivity index (χ3n) is 4.62.